The highest BCUT2D eigenvalue weighted by atomic mass is 16.4. The van der Waals surface area contributed by atoms with Crippen LogP contribution in [0.25, 0.3) is 0 Å². The summed E-state index contributed by atoms with van der Waals surface area (Å²) in [6, 6.07) is 0. The van der Waals surface area contributed by atoms with Crippen molar-refractivity contribution in [1.82, 2.24) is 5.32 Å². The molecule has 6 nitrogen and oxygen atoms in total. The summed E-state index contributed by atoms with van der Waals surface area (Å²) in [6.45, 7) is 0.286. The van der Waals surface area contributed by atoms with Crippen molar-refractivity contribution in [2.24, 2.45) is 11.8 Å². The molecule has 1 aliphatic rings. The first-order chi connectivity index (χ1) is 8.02. The molecule has 1 rings (SSSR count). The lowest BCUT2D eigenvalue weighted by molar-refractivity contribution is -0.146. The lowest BCUT2D eigenvalue weighted by Crippen LogP contribution is -2.35. The van der Waals surface area contributed by atoms with E-state index in [4.69, 9.17) is 10.2 Å². The molecule has 1 aliphatic carbocycles. The van der Waals surface area contributed by atoms with E-state index in [2.05, 4.69) is 5.32 Å². The average molecular weight is 243 g/mol. The fourth-order valence-corrected chi connectivity index (χ4v) is 2.15. The molecule has 0 aromatic carbocycles. The quantitative estimate of drug-likeness (QED) is 0.588. The zero-order chi connectivity index (χ0) is 12.8. The Hall–Kier alpha value is -1.59. The highest BCUT2D eigenvalue weighted by molar-refractivity contribution is 5.85. The van der Waals surface area contributed by atoms with Crippen molar-refractivity contribution in [2.45, 2.75) is 32.1 Å². The van der Waals surface area contributed by atoms with Crippen molar-refractivity contribution in [2.75, 3.05) is 6.54 Å². The Bertz CT molecular complexity index is 315. The Morgan fingerprint density at radius 3 is 2.35 bits per heavy atom. The van der Waals surface area contributed by atoms with Crippen molar-refractivity contribution >= 4 is 17.8 Å². The maximum atomic E-state index is 11.7. The standard InChI is InChI=1S/C11H17NO5/c13-9(14)5-2-6-12-10(15)7-3-1-4-8(7)11(16)17/h7-8H,1-6H2,(H,12,15)(H,13,14)(H,16,17)/t7-,8+/m1/s1. The van der Waals surface area contributed by atoms with Gasteiger partial charge in [0, 0.05) is 13.0 Å². The second-order valence-corrected chi connectivity index (χ2v) is 4.27. The van der Waals surface area contributed by atoms with Crippen molar-refractivity contribution in [3.05, 3.63) is 0 Å². The summed E-state index contributed by atoms with van der Waals surface area (Å²) < 4.78 is 0. The summed E-state index contributed by atoms with van der Waals surface area (Å²) in [5.41, 5.74) is 0. The Balaban J connectivity index is 2.32. The van der Waals surface area contributed by atoms with Crippen LogP contribution in [0.4, 0.5) is 0 Å². The van der Waals surface area contributed by atoms with E-state index in [0.717, 1.165) is 6.42 Å². The van der Waals surface area contributed by atoms with Gasteiger partial charge in [-0.25, -0.2) is 0 Å². The second-order valence-electron chi connectivity index (χ2n) is 4.27. The molecule has 1 amide bonds. The smallest absolute Gasteiger partial charge is 0.307 e. The van der Waals surface area contributed by atoms with Gasteiger partial charge in [-0.05, 0) is 19.3 Å². The number of aliphatic carboxylic acids is 2. The maximum Gasteiger partial charge on any atom is 0.307 e. The number of nitrogens with one attached hydrogen (secondary N) is 1. The Labute approximate surface area is 99.0 Å². The van der Waals surface area contributed by atoms with Crippen LogP contribution in [-0.4, -0.2) is 34.6 Å². The van der Waals surface area contributed by atoms with Crippen LogP contribution in [0.5, 0.6) is 0 Å². The van der Waals surface area contributed by atoms with Crippen molar-refractivity contribution in [3.8, 4) is 0 Å². The monoisotopic (exact) mass is 243 g/mol. The van der Waals surface area contributed by atoms with Gasteiger partial charge in [-0.15, -0.1) is 0 Å². The van der Waals surface area contributed by atoms with Gasteiger partial charge in [0.05, 0.1) is 11.8 Å². The molecule has 0 bridgehead atoms. The third-order valence-electron chi connectivity index (χ3n) is 3.04. The highest BCUT2D eigenvalue weighted by Gasteiger charge is 2.37. The van der Waals surface area contributed by atoms with E-state index in [0.29, 0.717) is 19.3 Å². The van der Waals surface area contributed by atoms with Crippen LogP contribution in [0.15, 0.2) is 0 Å². The molecule has 1 saturated carbocycles. The third-order valence-corrected chi connectivity index (χ3v) is 3.04. The van der Waals surface area contributed by atoms with Gasteiger partial charge in [0.25, 0.3) is 0 Å². The molecular formula is C11H17NO5. The number of amides is 1. The lowest BCUT2D eigenvalue weighted by Gasteiger charge is -2.15. The van der Waals surface area contributed by atoms with Crippen LogP contribution in [0, 0.1) is 11.8 Å². The minimum absolute atomic E-state index is 0.00725. The number of carboxylic acids is 2. The van der Waals surface area contributed by atoms with Gasteiger partial charge < -0.3 is 15.5 Å². The molecule has 96 valence electrons. The molecular weight excluding hydrogens is 226 g/mol. The first-order valence-electron chi connectivity index (χ1n) is 5.74. The van der Waals surface area contributed by atoms with Gasteiger partial charge in [0.2, 0.25) is 5.91 Å². The predicted octanol–water partition coefficient (Wildman–Crippen LogP) is 0.468. The zero-order valence-corrected chi connectivity index (χ0v) is 9.52. The van der Waals surface area contributed by atoms with Gasteiger partial charge in [-0.2, -0.15) is 0 Å². The van der Waals surface area contributed by atoms with E-state index < -0.39 is 23.8 Å². The SMILES string of the molecule is O=C(O)CCCNC(=O)[C@@H]1CCC[C@@H]1C(=O)O. The Morgan fingerprint density at radius 2 is 1.76 bits per heavy atom. The molecule has 0 saturated heterocycles. The molecule has 0 spiro atoms. The first kappa shape index (κ1) is 13.5. The lowest BCUT2D eigenvalue weighted by atomic mass is 9.95. The van der Waals surface area contributed by atoms with Gasteiger partial charge in [0.15, 0.2) is 0 Å². The van der Waals surface area contributed by atoms with E-state index in [-0.39, 0.29) is 18.9 Å². The first-order valence-corrected chi connectivity index (χ1v) is 5.74. The van der Waals surface area contributed by atoms with Crippen LogP contribution < -0.4 is 5.32 Å². The molecule has 3 N–H and O–H groups in total. The largest absolute Gasteiger partial charge is 0.481 e. The summed E-state index contributed by atoms with van der Waals surface area (Å²) in [5, 5.41) is 19.9. The molecule has 0 heterocycles. The zero-order valence-electron chi connectivity index (χ0n) is 9.52. The van der Waals surface area contributed by atoms with Crippen LogP contribution in [0.1, 0.15) is 32.1 Å². The van der Waals surface area contributed by atoms with Gasteiger partial charge in [-0.3, -0.25) is 14.4 Å². The van der Waals surface area contributed by atoms with Crippen LogP contribution in [0.3, 0.4) is 0 Å². The number of rotatable bonds is 6. The molecule has 0 aromatic rings. The van der Waals surface area contributed by atoms with Crippen LogP contribution in [-0.2, 0) is 14.4 Å². The number of carboxylic acid groups (broad SMARTS) is 2. The summed E-state index contributed by atoms with van der Waals surface area (Å²) in [6.07, 6.45) is 2.27. The highest BCUT2D eigenvalue weighted by Crippen LogP contribution is 2.31. The predicted molar refractivity (Wildman–Crippen MR) is 58.3 cm³/mol. The summed E-state index contributed by atoms with van der Waals surface area (Å²) in [4.78, 5) is 32.8. The molecule has 0 radical (unpaired) electrons. The number of carbonyl (C=O) groups excluding carboxylic acids is 1. The number of hydrogen-bond acceptors (Lipinski definition) is 3. The van der Waals surface area contributed by atoms with Gasteiger partial charge >= 0.3 is 11.9 Å². The minimum atomic E-state index is -0.923. The fourth-order valence-electron chi connectivity index (χ4n) is 2.15. The van der Waals surface area contributed by atoms with Gasteiger partial charge in [0.1, 0.15) is 0 Å². The second kappa shape index (κ2) is 6.22. The Kier molecular flexibility index (Phi) is 4.93. The number of carbonyl (C=O) groups is 3. The van der Waals surface area contributed by atoms with Crippen molar-refractivity contribution in [1.29, 1.82) is 0 Å². The fraction of sp³-hybridized carbons (Fsp3) is 0.727. The molecule has 0 aliphatic heterocycles. The topological polar surface area (TPSA) is 104 Å². The van der Waals surface area contributed by atoms with E-state index in [1.165, 1.54) is 0 Å². The van der Waals surface area contributed by atoms with Crippen LogP contribution in [0.2, 0.25) is 0 Å². The molecule has 6 heteroatoms. The van der Waals surface area contributed by atoms with Crippen molar-refractivity contribution in [3.63, 3.8) is 0 Å². The van der Waals surface area contributed by atoms with E-state index >= 15 is 0 Å². The van der Waals surface area contributed by atoms with Crippen molar-refractivity contribution < 1.29 is 24.6 Å². The van der Waals surface area contributed by atoms with Gasteiger partial charge in [-0.1, -0.05) is 6.42 Å². The number of hydrogen-bond donors (Lipinski definition) is 3. The van der Waals surface area contributed by atoms with E-state index in [1.807, 2.05) is 0 Å². The molecule has 2 atom stereocenters. The minimum Gasteiger partial charge on any atom is -0.481 e. The maximum absolute atomic E-state index is 11.7. The third kappa shape index (κ3) is 4.05. The Morgan fingerprint density at radius 1 is 1.12 bits per heavy atom. The van der Waals surface area contributed by atoms with E-state index in [1.54, 1.807) is 0 Å². The summed E-state index contributed by atoms with van der Waals surface area (Å²) in [5.74, 6) is -3.14. The molecule has 0 unspecified atom stereocenters. The average Bonchev–Trinajstić information content (AvgIpc) is 2.72. The van der Waals surface area contributed by atoms with Crippen LogP contribution >= 0.6 is 0 Å². The molecule has 17 heavy (non-hydrogen) atoms. The normalized spacial score (nSPS) is 23.3. The molecule has 1 fully saturated rings. The summed E-state index contributed by atoms with van der Waals surface area (Å²) >= 11 is 0. The summed E-state index contributed by atoms with van der Waals surface area (Å²) in [7, 11) is 0. The van der Waals surface area contributed by atoms with E-state index in [9.17, 15) is 14.4 Å². The molecule has 0 aromatic heterocycles.